The lowest BCUT2D eigenvalue weighted by atomic mass is 9.97. The van der Waals surface area contributed by atoms with E-state index in [4.69, 9.17) is 9.57 Å². The van der Waals surface area contributed by atoms with Crippen molar-refractivity contribution in [2.45, 2.75) is 32.2 Å². The van der Waals surface area contributed by atoms with Crippen molar-refractivity contribution in [2.75, 3.05) is 12.4 Å². The topological polar surface area (TPSA) is 113 Å². The van der Waals surface area contributed by atoms with Gasteiger partial charge in [-0.05, 0) is 49.7 Å². The average Bonchev–Trinajstić information content (AvgIpc) is 3.24. The molecule has 0 atom stereocenters. The second-order valence-electron chi connectivity index (χ2n) is 8.65. The molecular weight excluding hydrogens is 518 g/mol. The number of non-ortho nitro benzene ring substituents is 1. The highest BCUT2D eigenvalue weighted by molar-refractivity contribution is 7.99. The molecule has 4 rings (SSSR count). The molecule has 0 unspecified atom stereocenters. The Balaban J connectivity index is 1.76. The Morgan fingerprint density at radius 1 is 1.10 bits per heavy atom. The van der Waals surface area contributed by atoms with Gasteiger partial charge in [-0.25, -0.2) is 9.59 Å². The van der Waals surface area contributed by atoms with Crippen LogP contribution in [0.15, 0.2) is 77.3 Å². The summed E-state index contributed by atoms with van der Waals surface area (Å²) in [5.74, 6) is -0.426. The second kappa shape index (κ2) is 12.0. The lowest BCUT2D eigenvalue weighted by Crippen LogP contribution is -2.08. The van der Waals surface area contributed by atoms with Crippen LogP contribution in [-0.2, 0) is 25.7 Å². The van der Waals surface area contributed by atoms with E-state index in [9.17, 15) is 19.7 Å². The number of oxime groups is 1. The number of hydrogen-bond acceptors (Lipinski definition) is 8. The fourth-order valence-corrected chi connectivity index (χ4v) is 5.24. The van der Waals surface area contributed by atoms with Crippen LogP contribution >= 0.6 is 11.8 Å². The number of carbonyl (C=O) groups is 2. The van der Waals surface area contributed by atoms with Crippen molar-refractivity contribution in [2.24, 2.45) is 5.16 Å². The molecule has 0 aliphatic carbocycles. The third-order valence-corrected chi connectivity index (χ3v) is 7.09. The van der Waals surface area contributed by atoms with E-state index in [1.807, 2.05) is 50.2 Å². The zero-order valence-electron chi connectivity index (χ0n) is 21.8. The van der Waals surface area contributed by atoms with E-state index in [0.29, 0.717) is 23.6 Å². The molecule has 4 aromatic rings. The Hall–Kier alpha value is -4.44. The summed E-state index contributed by atoms with van der Waals surface area (Å²) in [5, 5.41) is 17.3. The molecule has 200 valence electrons. The van der Waals surface area contributed by atoms with Gasteiger partial charge >= 0.3 is 11.9 Å². The number of carbonyl (C=O) groups excluding carboxylic acids is 2. The molecule has 0 N–H and O–H groups in total. The van der Waals surface area contributed by atoms with Gasteiger partial charge in [0.1, 0.15) is 12.3 Å². The van der Waals surface area contributed by atoms with Gasteiger partial charge < -0.3 is 14.1 Å². The number of nitro benzene ring substituents is 1. The summed E-state index contributed by atoms with van der Waals surface area (Å²) in [6, 6.07) is 16.5. The van der Waals surface area contributed by atoms with E-state index >= 15 is 0 Å². The van der Waals surface area contributed by atoms with Gasteiger partial charge in [0, 0.05) is 75.3 Å². The summed E-state index contributed by atoms with van der Waals surface area (Å²) >= 11 is 1.54. The maximum atomic E-state index is 11.7. The van der Waals surface area contributed by atoms with Crippen LogP contribution in [0.1, 0.15) is 30.5 Å². The highest BCUT2D eigenvalue weighted by Crippen LogP contribution is 2.33. The zero-order chi connectivity index (χ0) is 28.1. The van der Waals surface area contributed by atoms with Gasteiger partial charge in [0.25, 0.3) is 5.69 Å². The molecule has 3 aromatic carbocycles. The molecular formula is C29H27N3O6S. The minimum atomic E-state index is -0.550. The van der Waals surface area contributed by atoms with Crippen LogP contribution in [0, 0.1) is 17.0 Å². The first-order valence-electron chi connectivity index (χ1n) is 12.2. The van der Waals surface area contributed by atoms with Crippen molar-refractivity contribution < 1.29 is 24.1 Å². The highest BCUT2D eigenvalue weighted by atomic mass is 32.2. The number of hydrogen-bond donors (Lipinski definition) is 0. The van der Waals surface area contributed by atoms with Crippen molar-refractivity contribution in [3.05, 3.63) is 94.1 Å². The molecule has 0 saturated heterocycles. The minimum Gasteiger partial charge on any atom is -0.462 e. The van der Waals surface area contributed by atoms with Crippen LogP contribution in [0.25, 0.3) is 21.8 Å². The monoisotopic (exact) mass is 545 g/mol. The number of aryl methyl sites for hydroxylation is 2. The molecule has 0 bridgehead atoms. The first-order chi connectivity index (χ1) is 18.7. The van der Waals surface area contributed by atoms with E-state index in [2.05, 4.69) is 16.3 Å². The highest BCUT2D eigenvalue weighted by Gasteiger charge is 2.18. The van der Waals surface area contributed by atoms with Crippen LogP contribution in [0.2, 0.25) is 0 Å². The van der Waals surface area contributed by atoms with Crippen LogP contribution in [0.3, 0.4) is 0 Å². The summed E-state index contributed by atoms with van der Waals surface area (Å²) in [7, 11) is 0. The Labute approximate surface area is 229 Å². The third kappa shape index (κ3) is 6.01. The van der Waals surface area contributed by atoms with Gasteiger partial charge in [-0.2, -0.15) is 0 Å². The summed E-state index contributed by atoms with van der Waals surface area (Å²) in [4.78, 5) is 40.0. The van der Waals surface area contributed by atoms with Gasteiger partial charge in [0.2, 0.25) is 0 Å². The number of fused-ring (bicyclic) bond motifs is 3. The van der Waals surface area contributed by atoms with Crippen LogP contribution in [-0.4, -0.2) is 39.5 Å². The van der Waals surface area contributed by atoms with E-state index in [-0.39, 0.29) is 12.3 Å². The maximum Gasteiger partial charge on any atom is 0.332 e. The fraction of sp³-hybridized carbons (Fsp3) is 0.207. The Morgan fingerprint density at radius 3 is 2.46 bits per heavy atom. The normalized spacial score (nSPS) is 11.5. The fourth-order valence-electron chi connectivity index (χ4n) is 4.41. The molecule has 0 saturated carbocycles. The van der Waals surface area contributed by atoms with Gasteiger partial charge in [-0.15, -0.1) is 11.8 Å². The lowest BCUT2D eigenvalue weighted by molar-refractivity contribution is -0.384. The maximum absolute atomic E-state index is 11.7. The van der Waals surface area contributed by atoms with Crippen molar-refractivity contribution in [1.82, 2.24) is 4.57 Å². The molecule has 10 heteroatoms. The molecule has 1 aromatic heterocycles. The smallest absolute Gasteiger partial charge is 0.332 e. The summed E-state index contributed by atoms with van der Waals surface area (Å²) in [5.41, 5.74) is 4.67. The van der Waals surface area contributed by atoms with E-state index in [0.717, 1.165) is 43.9 Å². The number of esters is 1. The number of nitrogens with zero attached hydrogens (tertiary/aromatic N) is 3. The van der Waals surface area contributed by atoms with Gasteiger partial charge in [0.05, 0.1) is 4.92 Å². The molecule has 9 nitrogen and oxygen atoms in total. The summed E-state index contributed by atoms with van der Waals surface area (Å²) in [6.45, 7) is 9.58. The van der Waals surface area contributed by atoms with Crippen LogP contribution < -0.4 is 0 Å². The molecule has 0 fully saturated rings. The van der Waals surface area contributed by atoms with E-state index in [1.165, 1.54) is 24.8 Å². The van der Waals surface area contributed by atoms with Crippen molar-refractivity contribution in [1.29, 1.82) is 0 Å². The SMILES string of the molecule is C=CC(=O)OCCSc1ccc(C(=NOC(C)=O)c2ccc3c(c2)c2cc([N+](=O)[O-])ccc2n3CC)c(C)c1. The Morgan fingerprint density at radius 2 is 1.82 bits per heavy atom. The summed E-state index contributed by atoms with van der Waals surface area (Å²) < 4.78 is 7.13. The quantitative estimate of drug-likeness (QED) is 0.0342. The Kier molecular flexibility index (Phi) is 8.46. The van der Waals surface area contributed by atoms with E-state index in [1.54, 1.807) is 12.1 Å². The van der Waals surface area contributed by atoms with Crippen LogP contribution in [0.4, 0.5) is 5.69 Å². The van der Waals surface area contributed by atoms with E-state index < -0.39 is 16.9 Å². The minimum absolute atomic E-state index is 0.0139. The number of aromatic nitrogens is 1. The first-order valence-corrected chi connectivity index (χ1v) is 13.2. The van der Waals surface area contributed by atoms with Gasteiger partial charge in [0.15, 0.2) is 0 Å². The lowest BCUT2D eigenvalue weighted by Gasteiger charge is -2.12. The largest absolute Gasteiger partial charge is 0.462 e. The predicted molar refractivity (Wildman–Crippen MR) is 152 cm³/mol. The number of thioether (sulfide) groups is 1. The third-order valence-electron chi connectivity index (χ3n) is 6.13. The number of rotatable bonds is 10. The van der Waals surface area contributed by atoms with Crippen molar-refractivity contribution in [3.63, 3.8) is 0 Å². The van der Waals surface area contributed by atoms with Gasteiger partial charge in [-0.3, -0.25) is 10.1 Å². The molecule has 0 aliphatic rings. The molecule has 0 radical (unpaired) electrons. The number of benzene rings is 3. The molecule has 39 heavy (non-hydrogen) atoms. The van der Waals surface area contributed by atoms with Gasteiger partial charge in [-0.1, -0.05) is 23.9 Å². The molecule has 0 aliphatic heterocycles. The first kappa shape index (κ1) is 27.6. The zero-order valence-corrected chi connectivity index (χ0v) is 22.6. The average molecular weight is 546 g/mol. The molecule has 0 amide bonds. The standard InChI is InChI=1S/C29H27N3O6S/c1-5-28(34)37-13-14-39-22-9-10-23(18(3)15-22)29(30-38-19(4)33)20-7-11-26-24(16-20)25-17-21(32(35)36)8-12-27(25)31(26)6-2/h5,7-12,15-17H,1,6,13-14H2,2-4H3. The van der Waals surface area contributed by atoms with Crippen molar-refractivity contribution in [3.8, 4) is 0 Å². The Bertz CT molecular complexity index is 1640. The molecule has 0 spiro atoms. The number of nitro groups is 1. The van der Waals surface area contributed by atoms with Crippen molar-refractivity contribution >= 4 is 56.9 Å². The number of ether oxygens (including phenoxy) is 1. The predicted octanol–water partition coefficient (Wildman–Crippen LogP) is 6.17. The summed E-state index contributed by atoms with van der Waals surface area (Å²) in [6.07, 6.45) is 1.13. The van der Waals surface area contributed by atoms with Crippen LogP contribution in [0.5, 0.6) is 0 Å². The second-order valence-corrected chi connectivity index (χ2v) is 9.82. The molecule has 1 heterocycles.